The van der Waals surface area contributed by atoms with Gasteiger partial charge in [-0.2, -0.15) is 0 Å². The number of amides is 1. The monoisotopic (exact) mass is 283 g/mol. The number of methoxy groups -OCH3 is 1. The highest BCUT2D eigenvalue weighted by atomic mass is 16.5. The maximum absolute atomic E-state index is 12.2. The molecule has 0 atom stereocenters. The molecule has 21 heavy (non-hydrogen) atoms. The molecule has 0 unspecified atom stereocenters. The zero-order valence-electron chi connectivity index (χ0n) is 12.8. The first-order valence-electron chi connectivity index (χ1n) is 7.08. The van der Waals surface area contributed by atoms with Gasteiger partial charge in [0.1, 0.15) is 5.75 Å². The molecule has 0 bridgehead atoms. The fourth-order valence-corrected chi connectivity index (χ4v) is 2.28. The molecule has 0 heterocycles. The van der Waals surface area contributed by atoms with Gasteiger partial charge in [-0.3, -0.25) is 4.79 Å². The highest BCUT2D eigenvalue weighted by Crippen LogP contribution is 2.19. The van der Waals surface area contributed by atoms with Crippen LogP contribution in [0, 0.1) is 13.8 Å². The van der Waals surface area contributed by atoms with Gasteiger partial charge in [-0.05, 0) is 38.0 Å². The first-order chi connectivity index (χ1) is 10.1. The number of ether oxygens (including phenoxy) is 1. The molecule has 0 aromatic heterocycles. The molecule has 0 aliphatic heterocycles. The Morgan fingerprint density at radius 1 is 1.10 bits per heavy atom. The molecule has 0 radical (unpaired) electrons. The molecule has 2 aromatic rings. The van der Waals surface area contributed by atoms with Crippen molar-refractivity contribution in [3.05, 3.63) is 64.7 Å². The third-order valence-electron chi connectivity index (χ3n) is 3.38. The minimum absolute atomic E-state index is 0.0943. The fraction of sp³-hybridized carbons (Fsp3) is 0.278. The van der Waals surface area contributed by atoms with Gasteiger partial charge >= 0.3 is 0 Å². The number of aryl methyl sites for hydroxylation is 2. The molecule has 0 aliphatic carbocycles. The van der Waals surface area contributed by atoms with Gasteiger partial charge in [0.15, 0.2) is 0 Å². The van der Waals surface area contributed by atoms with Crippen molar-refractivity contribution in [1.82, 2.24) is 5.32 Å². The third kappa shape index (κ3) is 4.09. The lowest BCUT2D eigenvalue weighted by atomic mass is 10.1. The van der Waals surface area contributed by atoms with Gasteiger partial charge in [0.05, 0.1) is 12.7 Å². The van der Waals surface area contributed by atoms with E-state index in [0.717, 1.165) is 12.0 Å². The topological polar surface area (TPSA) is 38.3 Å². The summed E-state index contributed by atoms with van der Waals surface area (Å²) in [4.78, 5) is 12.2. The van der Waals surface area contributed by atoms with Crippen LogP contribution in [0.4, 0.5) is 0 Å². The van der Waals surface area contributed by atoms with Crippen molar-refractivity contribution in [2.24, 2.45) is 0 Å². The second kappa shape index (κ2) is 6.93. The van der Waals surface area contributed by atoms with Crippen molar-refractivity contribution in [2.75, 3.05) is 13.7 Å². The Morgan fingerprint density at radius 3 is 2.57 bits per heavy atom. The Morgan fingerprint density at radius 2 is 1.86 bits per heavy atom. The minimum atomic E-state index is -0.0943. The summed E-state index contributed by atoms with van der Waals surface area (Å²) in [6.07, 6.45) is 0.821. The highest BCUT2D eigenvalue weighted by Gasteiger charge is 2.11. The SMILES string of the molecule is COc1ccc(C)cc1C(=O)NCCc1cccc(C)c1. The van der Waals surface area contributed by atoms with E-state index in [2.05, 4.69) is 30.4 Å². The van der Waals surface area contributed by atoms with E-state index in [4.69, 9.17) is 4.74 Å². The number of benzene rings is 2. The summed E-state index contributed by atoms with van der Waals surface area (Å²) < 4.78 is 5.24. The zero-order chi connectivity index (χ0) is 15.2. The summed E-state index contributed by atoms with van der Waals surface area (Å²) in [6.45, 7) is 4.64. The maximum Gasteiger partial charge on any atom is 0.255 e. The second-order valence-electron chi connectivity index (χ2n) is 5.20. The van der Waals surface area contributed by atoms with E-state index in [9.17, 15) is 4.79 Å². The molecule has 0 aliphatic rings. The summed E-state index contributed by atoms with van der Waals surface area (Å²) in [6, 6.07) is 13.9. The van der Waals surface area contributed by atoms with Crippen LogP contribution in [0.15, 0.2) is 42.5 Å². The van der Waals surface area contributed by atoms with Gasteiger partial charge in [-0.1, -0.05) is 41.5 Å². The molecule has 0 saturated heterocycles. The number of carbonyl (C=O) groups is 1. The molecule has 1 amide bonds. The van der Waals surface area contributed by atoms with Crippen molar-refractivity contribution in [2.45, 2.75) is 20.3 Å². The van der Waals surface area contributed by atoms with Gasteiger partial charge in [-0.25, -0.2) is 0 Å². The molecule has 0 spiro atoms. The third-order valence-corrected chi connectivity index (χ3v) is 3.38. The van der Waals surface area contributed by atoms with Crippen LogP contribution in [0.5, 0.6) is 5.75 Å². The molecule has 2 aromatic carbocycles. The molecule has 0 saturated carbocycles. The van der Waals surface area contributed by atoms with Crippen LogP contribution in [0.25, 0.3) is 0 Å². The van der Waals surface area contributed by atoms with Crippen molar-refractivity contribution in [3.63, 3.8) is 0 Å². The lowest BCUT2D eigenvalue weighted by Gasteiger charge is -2.10. The van der Waals surface area contributed by atoms with Crippen molar-refractivity contribution >= 4 is 5.91 Å². The molecule has 3 nitrogen and oxygen atoms in total. The van der Waals surface area contributed by atoms with Crippen LogP contribution < -0.4 is 10.1 Å². The van der Waals surface area contributed by atoms with Gasteiger partial charge in [0.25, 0.3) is 5.91 Å². The standard InChI is InChI=1S/C18H21NO2/c1-13-5-4-6-15(11-13)9-10-19-18(20)16-12-14(2)7-8-17(16)21-3/h4-8,11-12H,9-10H2,1-3H3,(H,19,20). The Labute approximate surface area is 126 Å². The number of nitrogens with one attached hydrogen (secondary N) is 1. The van der Waals surface area contributed by atoms with Crippen LogP contribution in [0.1, 0.15) is 27.0 Å². The molecule has 2 rings (SSSR count). The summed E-state index contributed by atoms with van der Waals surface area (Å²) in [5.41, 5.74) is 4.09. The molecule has 0 fully saturated rings. The second-order valence-corrected chi connectivity index (χ2v) is 5.20. The van der Waals surface area contributed by atoms with E-state index in [-0.39, 0.29) is 5.91 Å². The summed E-state index contributed by atoms with van der Waals surface area (Å²) >= 11 is 0. The van der Waals surface area contributed by atoms with Gasteiger partial charge in [0.2, 0.25) is 0 Å². The maximum atomic E-state index is 12.2. The lowest BCUT2D eigenvalue weighted by molar-refractivity contribution is 0.0951. The highest BCUT2D eigenvalue weighted by molar-refractivity contribution is 5.97. The average molecular weight is 283 g/mol. The quantitative estimate of drug-likeness (QED) is 0.914. The molecule has 1 N–H and O–H groups in total. The van der Waals surface area contributed by atoms with Crippen LogP contribution in [-0.2, 0) is 6.42 Å². The summed E-state index contributed by atoms with van der Waals surface area (Å²) in [7, 11) is 1.58. The number of hydrogen-bond donors (Lipinski definition) is 1. The summed E-state index contributed by atoms with van der Waals surface area (Å²) in [5, 5.41) is 2.95. The number of hydrogen-bond acceptors (Lipinski definition) is 2. The Hall–Kier alpha value is -2.29. The Kier molecular flexibility index (Phi) is 4.99. The predicted octanol–water partition coefficient (Wildman–Crippen LogP) is 3.28. The first kappa shape index (κ1) is 15.1. The lowest BCUT2D eigenvalue weighted by Crippen LogP contribution is -2.26. The van der Waals surface area contributed by atoms with Gasteiger partial charge < -0.3 is 10.1 Å². The average Bonchev–Trinajstić information content (AvgIpc) is 2.47. The largest absolute Gasteiger partial charge is 0.496 e. The molecule has 110 valence electrons. The van der Waals surface area contributed by atoms with Gasteiger partial charge in [0, 0.05) is 6.54 Å². The van der Waals surface area contributed by atoms with Crippen molar-refractivity contribution in [1.29, 1.82) is 0 Å². The van der Waals surface area contributed by atoms with Crippen LogP contribution in [0.2, 0.25) is 0 Å². The van der Waals surface area contributed by atoms with E-state index in [0.29, 0.717) is 17.9 Å². The molecule has 3 heteroatoms. The Balaban J connectivity index is 1.97. The van der Waals surface area contributed by atoms with Crippen molar-refractivity contribution < 1.29 is 9.53 Å². The van der Waals surface area contributed by atoms with E-state index < -0.39 is 0 Å². The number of rotatable bonds is 5. The van der Waals surface area contributed by atoms with Crippen LogP contribution >= 0.6 is 0 Å². The first-order valence-corrected chi connectivity index (χ1v) is 7.08. The summed E-state index contributed by atoms with van der Waals surface area (Å²) in [5.74, 6) is 0.511. The van der Waals surface area contributed by atoms with Crippen LogP contribution in [0.3, 0.4) is 0 Å². The molecular weight excluding hydrogens is 262 g/mol. The normalized spacial score (nSPS) is 10.2. The van der Waals surface area contributed by atoms with E-state index in [1.807, 2.05) is 31.2 Å². The van der Waals surface area contributed by atoms with E-state index in [1.54, 1.807) is 7.11 Å². The van der Waals surface area contributed by atoms with Crippen molar-refractivity contribution in [3.8, 4) is 5.75 Å². The van der Waals surface area contributed by atoms with E-state index in [1.165, 1.54) is 11.1 Å². The van der Waals surface area contributed by atoms with Gasteiger partial charge in [-0.15, -0.1) is 0 Å². The zero-order valence-corrected chi connectivity index (χ0v) is 12.8. The fourth-order valence-electron chi connectivity index (χ4n) is 2.28. The Bertz CT molecular complexity index is 635. The number of carbonyl (C=O) groups excluding carboxylic acids is 1. The van der Waals surface area contributed by atoms with E-state index >= 15 is 0 Å². The smallest absolute Gasteiger partial charge is 0.255 e. The molecular formula is C18H21NO2. The predicted molar refractivity (Wildman–Crippen MR) is 84.9 cm³/mol. The minimum Gasteiger partial charge on any atom is -0.496 e. The van der Waals surface area contributed by atoms with Crippen LogP contribution in [-0.4, -0.2) is 19.6 Å².